The second-order valence-electron chi connectivity index (χ2n) is 8.13. The molecule has 1 aliphatic rings. The molecule has 1 aromatic heterocycles. The summed E-state index contributed by atoms with van der Waals surface area (Å²) in [5.74, 6) is -1.24. The summed E-state index contributed by atoms with van der Waals surface area (Å²) < 4.78 is 19.7. The Kier molecular flexibility index (Phi) is 7.30. The van der Waals surface area contributed by atoms with Crippen LogP contribution in [-0.4, -0.2) is 46.5 Å². The highest BCUT2D eigenvalue weighted by molar-refractivity contribution is 5.94. The molecule has 2 heterocycles. The Morgan fingerprint density at radius 2 is 1.83 bits per heavy atom. The SMILES string of the molecule is CCOc1ncc([C@@H](c2ccc(C#N)cc2)N2CCC(NC(=O)c3ccc(C#N)cc3F)C2)cn1. The van der Waals surface area contributed by atoms with Crippen molar-refractivity contribution in [3.8, 4) is 18.1 Å². The fourth-order valence-corrected chi connectivity index (χ4v) is 4.20. The Morgan fingerprint density at radius 1 is 1.14 bits per heavy atom. The molecule has 2 aromatic carbocycles. The third kappa shape index (κ3) is 5.43. The molecule has 35 heavy (non-hydrogen) atoms. The molecule has 1 saturated heterocycles. The van der Waals surface area contributed by atoms with Gasteiger partial charge in [0.25, 0.3) is 5.91 Å². The van der Waals surface area contributed by atoms with Crippen LogP contribution in [0, 0.1) is 28.5 Å². The molecule has 0 aliphatic carbocycles. The van der Waals surface area contributed by atoms with Crippen molar-refractivity contribution in [1.82, 2.24) is 20.2 Å². The average molecular weight is 471 g/mol. The number of nitriles is 2. The van der Waals surface area contributed by atoms with E-state index in [1.54, 1.807) is 24.5 Å². The number of hydrogen-bond acceptors (Lipinski definition) is 7. The summed E-state index contributed by atoms with van der Waals surface area (Å²) in [6.45, 7) is 3.53. The Labute approximate surface area is 202 Å². The quantitative estimate of drug-likeness (QED) is 0.563. The van der Waals surface area contributed by atoms with Crippen molar-refractivity contribution >= 4 is 5.91 Å². The van der Waals surface area contributed by atoms with Crippen molar-refractivity contribution in [2.24, 2.45) is 0 Å². The van der Waals surface area contributed by atoms with Gasteiger partial charge in [-0.1, -0.05) is 12.1 Å². The van der Waals surface area contributed by atoms with E-state index in [-0.39, 0.29) is 23.2 Å². The number of nitrogens with one attached hydrogen (secondary N) is 1. The number of hydrogen-bond donors (Lipinski definition) is 1. The number of aromatic nitrogens is 2. The Hall–Kier alpha value is -4.34. The van der Waals surface area contributed by atoms with E-state index < -0.39 is 11.7 Å². The summed E-state index contributed by atoms with van der Waals surface area (Å²) in [5, 5.41) is 21.0. The second-order valence-corrected chi connectivity index (χ2v) is 8.13. The molecule has 9 heteroatoms. The molecular formula is C26H23FN6O2. The summed E-state index contributed by atoms with van der Waals surface area (Å²) in [7, 11) is 0. The molecule has 0 spiro atoms. The lowest BCUT2D eigenvalue weighted by Crippen LogP contribution is -2.38. The maximum atomic E-state index is 14.3. The standard InChI is InChI=1S/C26H23FN6O2/c1-2-35-26-30-14-20(15-31-26)24(19-6-3-17(12-28)4-7-19)33-10-9-21(16-33)32-25(34)22-8-5-18(13-29)11-23(22)27/h3-8,11,14-15,21,24H,2,9-10,16H2,1H3,(H,32,34)/t21?,24-/m1/s1. The summed E-state index contributed by atoms with van der Waals surface area (Å²) in [5.41, 5.74) is 2.44. The van der Waals surface area contributed by atoms with E-state index in [2.05, 4.69) is 26.3 Å². The van der Waals surface area contributed by atoms with Crippen molar-refractivity contribution in [2.75, 3.05) is 19.7 Å². The molecule has 4 rings (SSSR count). The molecule has 0 bridgehead atoms. The number of likely N-dealkylation sites (tertiary alicyclic amines) is 1. The summed E-state index contributed by atoms with van der Waals surface area (Å²) in [6.07, 6.45) is 4.12. The van der Waals surface area contributed by atoms with Crippen LogP contribution < -0.4 is 10.1 Å². The van der Waals surface area contributed by atoms with Crippen LogP contribution in [0.15, 0.2) is 54.9 Å². The van der Waals surface area contributed by atoms with E-state index in [9.17, 15) is 9.18 Å². The summed E-state index contributed by atoms with van der Waals surface area (Å²) in [4.78, 5) is 23.5. The van der Waals surface area contributed by atoms with Gasteiger partial charge in [0.2, 0.25) is 0 Å². The van der Waals surface area contributed by atoms with Gasteiger partial charge >= 0.3 is 6.01 Å². The number of amides is 1. The molecule has 0 saturated carbocycles. The minimum Gasteiger partial charge on any atom is -0.464 e. The van der Waals surface area contributed by atoms with Gasteiger partial charge in [-0.15, -0.1) is 0 Å². The smallest absolute Gasteiger partial charge is 0.316 e. The van der Waals surface area contributed by atoms with Gasteiger partial charge in [0, 0.05) is 37.1 Å². The number of benzene rings is 2. The summed E-state index contributed by atoms with van der Waals surface area (Å²) in [6, 6.07) is 15.0. The van der Waals surface area contributed by atoms with Crippen LogP contribution in [0.25, 0.3) is 0 Å². The predicted octanol–water partition coefficient (Wildman–Crippen LogP) is 3.35. The first kappa shape index (κ1) is 23.8. The van der Waals surface area contributed by atoms with Crippen LogP contribution in [0.1, 0.15) is 52.0 Å². The highest BCUT2D eigenvalue weighted by atomic mass is 19.1. The molecule has 1 amide bonds. The van der Waals surface area contributed by atoms with Crippen molar-refractivity contribution in [2.45, 2.75) is 25.4 Å². The zero-order chi connectivity index (χ0) is 24.8. The Morgan fingerprint density at radius 3 is 2.46 bits per heavy atom. The van der Waals surface area contributed by atoms with Gasteiger partial charge < -0.3 is 10.1 Å². The van der Waals surface area contributed by atoms with Gasteiger partial charge in [-0.05, 0) is 49.2 Å². The monoisotopic (exact) mass is 470 g/mol. The second kappa shape index (κ2) is 10.7. The van der Waals surface area contributed by atoms with Gasteiger partial charge in [-0.3, -0.25) is 9.69 Å². The minimum absolute atomic E-state index is 0.0917. The maximum absolute atomic E-state index is 14.3. The van der Waals surface area contributed by atoms with Crippen molar-refractivity contribution in [3.05, 3.63) is 88.5 Å². The van der Waals surface area contributed by atoms with Crippen LogP contribution in [0.2, 0.25) is 0 Å². The number of nitrogens with zero attached hydrogens (tertiary/aromatic N) is 5. The number of halogens is 1. The van der Waals surface area contributed by atoms with E-state index >= 15 is 0 Å². The van der Waals surface area contributed by atoms with E-state index in [0.717, 1.165) is 17.2 Å². The predicted molar refractivity (Wildman–Crippen MR) is 125 cm³/mol. The zero-order valence-electron chi connectivity index (χ0n) is 19.1. The highest BCUT2D eigenvalue weighted by Gasteiger charge is 2.32. The average Bonchev–Trinajstić information content (AvgIpc) is 3.33. The molecule has 3 aromatic rings. The number of rotatable bonds is 7. The number of carbonyl (C=O) groups is 1. The van der Waals surface area contributed by atoms with Crippen LogP contribution in [0.3, 0.4) is 0 Å². The van der Waals surface area contributed by atoms with Crippen LogP contribution in [0.5, 0.6) is 6.01 Å². The third-order valence-electron chi connectivity index (χ3n) is 5.86. The minimum atomic E-state index is -0.724. The molecular weight excluding hydrogens is 447 g/mol. The van der Waals surface area contributed by atoms with E-state index in [4.69, 9.17) is 15.3 Å². The molecule has 0 radical (unpaired) electrons. The first-order chi connectivity index (χ1) is 17.0. The lowest BCUT2D eigenvalue weighted by atomic mass is 9.98. The van der Waals surface area contributed by atoms with Crippen molar-refractivity contribution < 1.29 is 13.9 Å². The van der Waals surface area contributed by atoms with Gasteiger partial charge in [-0.25, -0.2) is 14.4 Å². The zero-order valence-corrected chi connectivity index (χ0v) is 19.1. The summed E-state index contributed by atoms with van der Waals surface area (Å²) >= 11 is 0. The van der Waals surface area contributed by atoms with Crippen molar-refractivity contribution in [1.29, 1.82) is 10.5 Å². The molecule has 1 unspecified atom stereocenters. The van der Waals surface area contributed by atoms with E-state index in [1.165, 1.54) is 12.1 Å². The molecule has 1 N–H and O–H groups in total. The Bertz CT molecular complexity index is 1280. The molecule has 8 nitrogen and oxygen atoms in total. The van der Waals surface area contributed by atoms with Crippen molar-refractivity contribution in [3.63, 3.8) is 0 Å². The normalized spacial score (nSPS) is 16.2. The number of carbonyl (C=O) groups excluding carboxylic acids is 1. The van der Waals surface area contributed by atoms with Gasteiger partial charge in [0.1, 0.15) is 5.82 Å². The topological polar surface area (TPSA) is 115 Å². The third-order valence-corrected chi connectivity index (χ3v) is 5.86. The molecule has 176 valence electrons. The molecule has 2 atom stereocenters. The van der Waals surface area contributed by atoms with Gasteiger partial charge in [0.15, 0.2) is 0 Å². The fourth-order valence-electron chi connectivity index (χ4n) is 4.20. The highest BCUT2D eigenvalue weighted by Crippen LogP contribution is 2.32. The van der Waals surface area contributed by atoms with Crippen LogP contribution in [-0.2, 0) is 0 Å². The van der Waals surface area contributed by atoms with Crippen LogP contribution >= 0.6 is 0 Å². The first-order valence-corrected chi connectivity index (χ1v) is 11.2. The van der Waals surface area contributed by atoms with E-state index in [1.807, 2.05) is 25.1 Å². The lowest BCUT2D eigenvalue weighted by Gasteiger charge is -2.28. The van der Waals surface area contributed by atoms with Gasteiger partial charge in [0.05, 0.1) is 41.5 Å². The largest absolute Gasteiger partial charge is 0.464 e. The molecule has 1 aliphatic heterocycles. The Balaban J connectivity index is 1.54. The number of ether oxygens (including phenoxy) is 1. The molecule has 1 fully saturated rings. The fraction of sp³-hybridized carbons (Fsp3) is 0.269. The first-order valence-electron chi connectivity index (χ1n) is 11.2. The van der Waals surface area contributed by atoms with E-state index in [0.29, 0.717) is 37.7 Å². The lowest BCUT2D eigenvalue weighted by molar-refractivity contribution is 0.0933. The maximum Gasteiger partial charge on any atom is 0.316 e. The van der Waals surface area contributed by atoms with Gasteiger partial charge in [-0.2, -0.15) is 10.5 Å². The van der Waals surface area contributed by atoms with Crippen LogP contribution in [0.4, 0.5) is 4.39 Å².